The van der Waals surface area contributed by atoms with Crippen molar-refractivity contribution < 1.29 is 4.74 Å². The Morgan fingerprint density at radius 2 is 1.90 bits per heavy atom. The largest absolute Gasteiger partial charge is 0.370 e. The Morgan fingerprint density at radius 3 is 2.45 bits per heavy atom. The van der Waals surface area contributed by atoms with E-state index in [1.165, 1.54) is 0 Å². The van der Waals surface area contributed by atoms with E-state index in [1.807, 2.05) is 30.3 Å². The third kappa shape index (κ3) is 2.34. The van der Waals surface area contributed by atoms with Gasteiger partial charge in [-0.15, -0.1) is 0 Å². The van der Waals surface area contributed by atoms with Crippen molar-refractivity contribution in [1.29, 1.82) is 0 Å². The van der Waals surface area contributed by atoms with E-state index in [0.717, 1.165) is 34.1 Å². The fourth-order valence-corrected chi connectivity index (χ4v) is 3.15. The summed E-state index contributed by atoms with van der Waals surface area (Å²) in [4.78, 5) is 9.19. The molecule has 0 unspecified atom stereocenters. The Hall–Kier alpha value is -0.720. The maximum atomic E-state index is 6.30. The van der Waals surface area contributed by atoms with Crippen molar-refractivity contribution in [2.75, 3.05) is 7.11 Å². The molecule has 5 heteroatoms. The zero-order valence-corrected chi connectivity index (χ0v) is 14.0. The Kier molecular flexibility index (Phi) is 3.97. The monoisotopic (exact) mass is 400 g/mol. The minimum absolute atomic E-state index is 0.350. The maximum absolute atomic E-state index is 6.30. The van der Waals surface area contributed by atoms with Crippen molar-refractivity contribution in [2.45, 2.75) is 24.9 Å². The van der Waals surface area contributed by atoms with Gasteiger partial charge in [0.2, 0.25) is 0 Å². The molecule has 1 saturated carbocycles. The summed E-state index contributed by atoms with van der Waals surface area (Å²) in [5, 5.41) is 0.498. The van der Waals surface area contributed by atoms with Crippen molar-refractivity contribution >= 4 is 34.2 Å². The highest BCUT2D eigenvalue weighted by Gasteiger charge is 2.42. The van der Waals surface area contributed by atoms with E-state index in [1.54, 1.807) is 7.11 Å². The number of benzene rings is 1. The van der Waals surface area contributed by atoms with E-state index in [9.17, 15) is 0 Å². The molecule has 2 aromatic rings. The predicted octanol–water partition coefficient (Wildman–Crippen LogP) is 4.43. The number of halogens is 2. The van der Waals surface area contributed by atoms with E-state index in [-0.39, 0.29) is 5.60 Å². The van der Waals surface area contributed by atoms with Crippen LogP contribution in [0.4, 0.5) is 0 Å². The van der Waals surface area contributed by atoms with E-state index in [0.29, 0.717) is 11.0 Å². The van der Waals surface area contributed by atoms with Gasteiger partial charge in [0, 0.05) is 12.7 Å². The number of hydrogen-bond donors (Lipinski definition) is 0. The first kappa shape index (κ1) is 14.2. The van der Waals surface area contributed by atoms with Crippen LogP contribution < -0.4 is 0 Å². The summed E-state index contributed by atoms with van der Waals surface area (Å²) in [6.45, 7) is 0. The van der Waals surface area contributed by atoms with Crippen LogP contribution in [0.15, 0.2) is 30.3 Å². The van der Waals surface area contributed by atoms with E-state index >= 15 is 0 Å². The molecule has 0 radical (unpaired) electrons. The van der Waals surface area contributed by atoms with Crippen LogP contribution in [0.2, 0.25) is 5.15 Å². The molecule has 0 N–H and O–H groups in total. The van der Waals surface area contributed by atoms with Crippen molar-refractivity contribution in [1.82, 2.24) is 9.97 Å². The Balaban J connectivity index is 2.13. The molecule has 0 bridgehead atoms. The fourth-order valence-electron chi connectivity index (χ4n) is 2.43. The van der Waals surface area contributed by atoms with Gasteiger partial charge in [0.25, 0.3) is 0 Å². The summed E-state index contributed by atoms with van der Waals surface area (Å²) < 4.78 is 6.54. The van der Waals surface area contributed by atoms with Gasteiger partial charge < -0.3 is 4.74 Å². The molecule has 0 amide bonds. The number of methoxy groups -OCH3 is 1. The smallest absolute Gasteiger partial charge is 0.162 e. The number of hydrogen-bond acceptors (Lipinski definition) is 3. The Labute approximate surface area is 136 Å². The van der Waals surface area contributed by atoms with Gasteiger partial charge in [-0.2, -0.15) is 0 Å². The summed E-state index contributed by atoms with van der Waals surface area (Å²) in [6.07, 6.45) is 3.05. The van der Waals surface area contributed by atoms with Crippen molar-refractivity contribution in [3.05, 3.63) is 44.9 Å². The highest BCUT2D eigenvalue weighted by Crippen LogP contribution is 2.44. The molecule has 0 saturated heterocycles. The van der Waals surface area contributed by atoms with Gasteiger partial charge in [-0.05, 0) is 41.9 Å². The fraction of sp³-hybridized carbons (Fsp3) is 0.333. The first-order chi connectivity index (χ1) is 9.66. The van der Waals surface area contributed by atoms with Gasteiger partial charge in [-0.1, -0.05) is 41.9 Å². The van der Waals surface area contributed by atoms with Gasteiger partial charge >= 0.3 is 0 Å². The minimum atomic E-state index is -0.350. The molecular formula is C15H14ClIN2O. The lowest BCUT2D eigenvalue weighted by Gasteiger charge is -2.39. The first-order valence-electron chi connectivity index (χ1n) is 6.50. The standard InChI is InChI=1S/C15H14ClIN2O/c1-20-15(8-5-9-15)14-18-12(11(17)13(16)19-14)10-6-3-2-4-7-10/h2-4,6-7H,5,8-9H2,1H3. The molecule has 20 heavy (non-hydrogen) atoms. The molecule has 3 nitrogen and oxygen atoms in total. The number of ether oxygens (including phenoxy) is 1. The second-order valence-electron chi connectivity index (χ2n) is 4.92. The van der Waals surface area contributed by atoms with Crippen LogP contribution in [0.3, 0.4) is 0 Å². The molecule has 1 aliphatic rings. The topological polar surface area (TPSA) is 35.0 Å². The normalized spacial score (nSPS) is 16.8. The molecule has 0 atom stereocenters. The lowest BCUT2D eigenvalue weighted by Crippen LogP contribution is -2.38. The second kappa shape index (κ2) is 5.58. The maximum Gasteiger partial charge on any atom is 0.162 e. The zero-order valence-electron chi connectivity index (χ0n) is 11.1. The van der Waals surface area contributed by atoms with Gasteiger partial charge in [-0.25, -0.2) is 9.97 Å². The molecular weight excluding hydrogens is 387 g/mol. The van der Waals surface area contributed by atoms with Gasteiger partial charge in [-0.3, -0.25) is 0 Å². The second-order valence-corrected chi connectivity index (χ2v) is 6.36. The van der Waals surface area contributed by atoms with Gasteiger partial charge in [0.1, 0.15) is 10.8 Å². The summed E-state index contributed by atoms with van der Waals surface area (Å²) in [5.41, 5.74) is 1.58. The van der Waals surface area contributed by atoms with Crippen molar-refractivity contribution in [3.63, 3.8) is 0 Å². The highest BCUT2D eigenvalue weighted by atomic mass is 127. The Morgan fingerprint density at radius 1 is 1.20 bits per heavy atom. The predicted molar refractivity (Wildman–Crippen MR) is 87.7 cm³/mol. The van der Waals surface area contributed by atoms with Crippen LogP contribution >= 0.6 is 34.2 Å². The Bertz CT molecular complexity index is 624. The third-order valence-electron chi connectivity index (χ3n) is 3.82. The van der Waals surface area contributed by atoms with Crippen molar-refractivity contribution in [3.8, 4) is 11.3 Å². The molecule has 104 valence electrons. The molecule has 1 aliphatic carbocycles. The molecule has 1 aromatic carbocycles. The number of aromatic nitrogens is 2. The van der Waals surface area contributed by atoms with Gasteiger partial charge in [0.05, 0.1) is 9.26 Å². The quantitative estimate of drug-likeness (QED) is 0.565. The lowest BCUT2D eigenvalue weighted by atomic mass is 9.79. The van der Waals surface area contributed by atoms with E-state index in [2.05, 4.69) is 27.6 Å². The van der Waals surface area contributed by atoms with Crippen LogP contribution in [0.25, 0.3) is 11.3 Å². The highest BCUT2D eigenvalue weighted by molar-refractivity contribution is 14.1. The minimum Gasteiger partial charge on any atom is -0.370 e. The average Bonchev–Trinajstić information content (AvgIpc) is 2.43. The van der Waals surface area contributed by atoms with Crippen molar-refractivity contribution in [2.24, 2.45) is 0 Å². The van der Waals surface area contributed by atoms with E-state index < -0.39 is 0 Å². The zero-order chi connectivity index (χ0) is 14.2. The van der Waals surface area contributed by atoms with E-state index in [4.69, 9.17) is 21.3 Å². The summed E-state index contributed by atoms with van der Waals surface area (Å²) in [6, 6.07) is 10.0. The van der Waals surface area contributed by atoms with Crippen LogP contribution in [-0.2, 0) is 10.3 Å². The SMILES string of the molecule is COC1(c2nc(Cl)c(I)c(-c3ccccc3)n2)CCC1. The molecule has 1 heterocycles. The van der Waals surface area contributed by atoms with Gasteiger partial charge in [0.15, 0.2) is 5.82 Å². The number of rotatable bonds is 3. The summed E-state index contributed by atoms with van der Waals surface area (Å²) in [7, 11) is 1.72. The van der Waals surface area contributed by atoms with Crippen LogP contribution in [0.5, 0.6) is 0 Å². The summed E-state index contributed by atoms with van der Waals surface area (Å²) >= 11 is 8.50. The average molecular weight is 401 g/mol. The van der Waals surface area contributed by atoms with Crippen LogP contribution in [0, 0.1) is 3.57 Å². The third-order valence-corrected chi connectivity index (χ3v) is 5.43. The summed E-state index contributed by atoms with van der Waals surface area (Å²) in [5.74, 6) is 0.704. The first-order valence-corrected chi connectivity index (χ1v) is 7.96. The number of nitrogens with zero attached hydrogens (tertiary/aromatic N) is 2. The lowest BCUT2D eigenvalue weighted by molar-refractivity contribution is -0.0846. The molecule has 0 aliphatic heterocycles. The molecule has 3 rings (SSSR count). The molecule has 1 fully saturated rings. The van der Waals surface area contributed by atoms with Crippen LogP contribution in [-0.4, -0.2) is 17.1 Å². The van der Waals surface area contributed by atoms with Crippen LogP contribution in [0.1, 0.15) is 25.1 Å². The molecule has 1 aromatic heterocycles. The molecule has 0 spiro atoms.